The second-order valence-corrected chi connectivity index (χ2v) is 6.22. The molecule has 2 heterocycles. The molecule has 0 bridgehead atoms. The number of nitrogens with one attached hydrogen (secondary N) is 1. The Morgan fingerprint density at radius 1 is 1.39 bits per heavy atom. The van der Waals surface area contributed by atoms with Crippen LogP contribution >= 0.6 is 0 Å². The highest BCUT2D eigenvalue weighted by atomic mass is 15.3. The molecule has 3 heteroatoms. The first kappa shape index (κ1) is 12.2. The number of aryl methyl sites for hydroxylation is 2. The van der Waals surface area contributed by atoms with E-state index in [9.17, 15) is 0 Å². The van der Waals surface area contributed by atoms with Gasteiger partial charge >= 0.3 is 0 Å². The Labute approximate surface area is 110 Å². The van der Waals surface area contributed by atoms with Gasteiger partial charge in [-0.05, 0) is 45.1 Å². The fraction of sp³-hybridized carbons (Fsp3) is 0.800. The van der Waals surface area contributed by atoms with Gasteiger partial charge in [-0.3, -0.25) is 4.68 Å². The lowest BCUT2D eigenvalue weighted by Gasteiger charge is -2.47. The molecule has 0 aromatic carbocycles. The molecule has 0 atom stereocenters. The molecule has 1 saturated heterocycles. The van der Waals surface area contributed by atoms with Gasteiger partial charge in [0.2, 0.25) is 0 Å². The van der Waals surface area contributed by atoms with Gasteiger partial charge in [0.05, 0.1) is 5.69 Å². The molecule has 2 aliphatic rings. The molecule has 3 rings (SSSR count). The van der Waals surface area contributed by atoms with Crippen molar-refractivity contribution in [3.05, 3.63) is 17.5 Å². The summed E-state index contributed by atoms with van der Waals surface area (Å²) in [5, 5.41) is 8.11. The lowest BCUT2D eigenvalue weighted by molar-refractivity contribution is 0.0785. The second kappa shape index (κ2) is 4.69. The molecule has 2 fully saturated rings. The molecule has 1 aromatic heterocycles. The summed E-state index contributed by atoms with van der Waals surface area (Å²) < 4.78 is 2.20. The molecular formula is C15H25N3. The first-order chi connectivity index (χ1) is 8.73. The number of rotatable bonds is 4. The van der Waals surface area contributed by atoms with Crippen molar-refractivity contribution in [2.45, 2.75) is 52.5 Å². The molecule has 1 aliphatic heterocycles. The summed E-state index contributed by atoms with van der Waals surface area (Å²) in [5.74, 6) is 0.944. The van der Waals surface area contributed by atoms with Crippen molar-refractivity contribution in [1.82, 2.24) is 15.1 Å². The Morgan fingerprint density at radius 2 is 2.11 bits per heavy atom. The largest absolute Gasteiger partial charge is 0.315 e. The van der Waals surface area contributed by atoms with Crippen LogP contribution in [0.1, 0.15) is 44.0 Å². The molecule has 1 saturated carbocycles. The highest BCUT2D eigenvalue weighted by Crippen LogP contribution is 2.44. The van der Waals surface area contributed by atoms with Crippen LogP contribution in [0.2, 0.25) is 0 Å². The van der Waals surface area contributed by atoms with Gasteiger partial charge in [0, 0.05) is 30.7 Å². The van der Waals surface area contributed by atoms with Gasteiger partial charge < -0.3 is 5.32 Å². The Kier molecular flexibility index (Phi) is 3.18. The normalized spacial score (nSPS) is 23.2. The van der Waals surface area contributed by atoms with Crippen LogP contribution in [0.25, 0.3) is 0 Å². The van der Waals surface area contributed by atoms with Crippen LogP contribution in [0.3, 0.4) is 0 Å². The van der Waals surface area contributed by atoms with E-state index in [0.717, 1.165) is 12.5 Å². The zero-order valence-corrected chi connectivity index (χ0v) is 11.7. The van der Waals surface area contributed by atoms with Crippen molar-refractivity contribution >= 4 is 0 Å². The number of hydrogen-bond acceptors (Lipinski definition) is 2. The third-order valence-electron chi connectivity index (χ3n) is 4.99. The highest BCUT2D eigenvalue weighted by molar-refractivity contribution is 5.14. The first-order valence-corrected chi connectivity index (χ1v) is 7.47. The summed E-state index contributed by atoms with van der Waals surface area (Å²) >= 11 is 0. The number of aromatic nitrogens is 2. The Morgan fingerprint density at radius 3 is 2.67 bits per heavy atom. The molecule has 0 unspecified atom stereocenters. The lowest BCUT2D eigenvalue weighted by atomic mass is 9.67. The van der Waals surface area contributed by atoms with Crippen LogP contribution < -0.4 is 5.32 Å². The summed E-state index contributed by atoms with van der Waals surface area (Å²) in [5.41, 5.74) is 3.15. The van der Waals surface area contributed by atoms with Crippen LogP contribution in [-0.4, -0.2) is 22.9 Å². The van der Waals surface area contributed by atoms with Gasteiger partial charge in [-0.2, -0.15) is 5.10 Å². The average Bonchev–Trinajstić information content (AvgIpc) is 2.92. The number of nitrogens with zero attached hydrogens (tertiary/aromatic N) is 2. The van der Waals surface area contributed by atoms with Gasteiger partial charge in [-0.15, -0.1) is 0 Å². The van der Waals surface area contributed by atoms with E-state index in [1.54, 1.807) is 0 Å². The quantitative estimate of drug-likeness (QED) is 0.886. The van der Waals surface area contributed by atoms with Gasteiger partial charge in [0.1, 0.15) is 0 Å². The predicted octanol–water partition coefficient (Wildman–Crippen LogP) is 2.53. The standard InChI is InChI=1S/C15H25N3/c1-3-18-14(8-12(2)17-18)9-15(10-16-11-15)13-6-4-5-7-13/h8,13,16H,3-7,9-11H2,1-2H3. The summed E-state index contributed by atoms with van der Waals surface area (Å²) in [6.07, 6.45) is 7.00. The molecule has 3 nitrogen and oxygen atoms in total. The summed E-state index contributed by atoms with van der Waals surface area (Å²) in [7, 11) is 0. The fourth-order valence-electron chi connectivity index (χ4n) is 3.92. The van der Waals surface area contributed by atoms with Gasteiger partial charge in [-0.1, -0.05) is 12.8 Å². The summed E-state index contributed by atoms with van der Waals surface area (Å²) in [4.78, 5) is 0. The Balaban J connectivity index is 1.80. The average molecular weight is 247 g/mol. The van der Waals surface area contributed by atoms with Gasteiger partial charge in [0.25, 0.3) is 0 Å². The lowest BCUT2D eigenvalue weighted by Crippen LogP contribution is -2.58. The smallest absolute Gasteiger partial charge is 0.0596 e. The Bertz CT molecular complexity index is 411. The molecule has 0 amide bonds. The van der Waals surface area contributed by atoms with E-state index in [-0.39, 0.29) is 0 Å². The highest BCUT2D eigenvalue weighted by Gasteiger charge is 2.45. The summed E-state index contributed by atoms with van der Waals surface area (Å²) in [6.45, 7) is 7.72. The van der Waals surface area contributed by atoms with Gasteiger partial charge in [0.15, 0.2) is 0 Å². The maximum Gasteiger partial charge on any atom is 0.0596 e. The minimum Gasteiger partial charge on any atom is -0.315 e. The van der Waals surface area contributed by atoms with Crippen LogP contribution in [0.4, 0.5) is 0 Å². The van der Waals surface area contributed by atoms with E-state index in [4.69, 9.17) is 0 Å². The van der Waals surface area contributed by atoms with Crippen molar-refractivity contribution in [1.29, 1.82) is 0 Å². The van der Waals surface area contributed by atoms with Crippen LogP contribution in [0.5, 0.6) is 0 Å². The van der Waals surface area contributed by atoms with Crippen LogP contribution in [0.15, 0.2) is 6.07 Å². The molecule has 0 radical (unpaired) electrons. The van der Waals surface area contributed by atoms with E-state index < -0.39 is 0 Å². The molecule has 18 heavy (non-hydrogen) atoms. The molecule has 1 aromatic rings. The van der Waals surface area contributed by atoms with Crippen molar-refractivity contribution in [2.75, 3.05) is 13.1 Å². The van der Waals surface area contributed by atoms with E-state index in [2.05, 4.69) is 35.0 Å². The van der Waals surface area contributed by atoms with Crippen molar-refractivity contribution in [2.24, 2.45) is 11.3 Å². The van der Waals surface area contributed by atoms with Crippen LogP contribution in [-0.2, 0) is 13.0 Å². The zero-order valence-electron chi connectivity index (χ0n) is 11.7. The first-order valence-electron chi connectivity index (χ1n) is 7.47. The molecule has 1 N–H and O–H groups in total. The maximum absolute atomic E-state index is 4.59. The summed E-state index contributed by atoms with van der Waals surface area (Å²) in [6, 6.07) is 2.29. The third kappa shape index (κ3) is 1.99. The third-order valence-corrected chi connectivity index (χ3v) is 4.99. The maximum atomic E-state index is 4.59. The molecular weight excluding hydrogens is 222 g/mol. The zero-order chi connectivity index (χ0) is 12.6. The molecule has 0 spiro atoms. The molecule has 1 aliphatic carbocycles. The second-order valence-electron chi connectivity index (χ2n) is 6.22. The van der Waals surface area contributed by atoms with Gasteiger partial charge in [-0.25, -0.2) is 0 Å². The Hall–Kier alpha value is -0.830. The molecule has 100 valence electrons. The minimum atomic E-state index is 0.538. The van der Waals surface area contributed by atoms with E-state index >= 15 is 0 Å². The monoisotopic (exact) mass is 247 g/mol. The van der Waals surface area contributed by atoms with E-state index in [1.165, 1.54) is 56.6 Å². The van der Waals surface area contributed by atoms with Crippen molar-refractivity contribution in [3.63, 3.8) is 0 Å². The van der Waals surface area contributed by atoms with Crippen molar-refractivity contribution < 1.29 is 0 Å². The topological polar surface area (TPSA) is 29.9 Å². The minimum absolute atomic E-state index is 0.538. The van der Waals surface area contributed by atoms with E-state index in [0.29, 0.717) is 5.41 Å². The SMILES string of the molecule is CCn1nc(C)cc1CC1(C2CCCC2)CNC1. The van der Waals surface area contributed by atoms with Crippen molar-refractivity contribution in [3.8, 4) is 0 Å². The predicted molar refractivity (Wildman–Crippen MR) is 73.6 cm³/mol. The number of hydrogen-bond donors (Lipinski definition) is 1. The van der Waals surface area contributed by atoms with E-state index in [1.807, 2.05) is 0 Å². The van der Waals surface area contributed by atoms with Crippen LogP contribution in [0, 0.1) is 18.3 Å². The fourth-order valence-corrected chi connectivity index (χ4v) is 3.92.